The summed E-state index contributed by atoms with van der Waals surface area (Å²) in [4.78, 5) is 3.89. The standard InChI is InChI=1S/C4H7ClN2/c5-4-1-6-3-7-2-4/h1,4,7H,2-3H2. The second kappa shape index (κ2) is 2.28. The Kier molecular flexibility index (Phi) is 1.65. The molecule has 2 nitrogen and oxygen atoms in total. The molecule has 0 saturated heterocycles. The molecule has 0 spiro atoms. The molecule has 1 rings (SSSR count). The van der Waals surface area contributed by atoms with Crippen LogP contribution >= 0.6 is 11.6 Å². The van der Waals surface area contributed by atoms with Gasteiger partial charge in [-0.05, 0) is 0 Å². The molecule has 0 aromatic heterocycles. The van der Waals surface area contributed by atoms with Crippen LogP contribution in [-0.2, 0) is 0 Å². The lowest BCUT2D eigenvalue weighted by molar-refractivity contribution is 0.702. The zero-order valence-corrected chi connectivity index (χ0v) is 4.65. The summed E-state index contributed by atoms with van der Waals surface area (Å²) >= 11 is 5.60. The van der Waals surface area contributed by atoms with Gasteiger partial charge >= 0.3 is 0 Å². The van der Waals surface area contributed by atoms with E-state index in [1.54, 1.807) is 6.21 Å². The minimum absolute atomic E-state index is 0.105. The highest BCUT2D eigenvalue weighted by Gasteiger charge is 2.01. The van der Waals surface area contributed by atoms with Crippen molar-refractivity contribution >= 4 is 17.8 Å². The van der Waals surface area contributed by atoms with E-state index in [4.69, 9.17) is 11.6 Å². The molecule has 1 aliphatic rings. The van der Waals surface area contributed by atoms with Crippen LogP contribution in [0.4, 0.5) is 0 Å². The summed E-state index contributed by atoms with van der Waals surface area (Å²) in [6, 6.07) is 0. The molecular weight excluding hydrogens is 112 g/mol. The van der Waals surface area contributed by atoms with E-state index < -0.39 is 0 Å². The van der Waals surface area contributed by atoms with Crippen molar-refractivity contribution in [1.29, 1.82) is 0 Å². The lowest BCUT2D eigenvalue weighted by Crippen LogP contribution is -2.28. The molecule has 1 atom stereocenters. The zero-order chi connectivity index (χ0) is 5.11. The molecule has 0 aliphatic carbocycles. The molecule has 3 heteroatoms. The number of nitrogens with one attached hydrogen (secondary N) is 1. The summed E-state index contributed by atoms with van der Waals surface area (Å²) in [6.07, 6.45) is 1.76. The van der Waals surface area contributed by atoms with E-state index in [-0.39, 0.29) is 5.38 Å². The molecule has 40 valence electrons. The van der Waals surface area contributed by atoms with Gasteiger partial charge in [-0.2, -0.15) is 0 Å². The Balaban J connectivity index is 2.36. The van der Waals surface area contributed by atoms with Crippen LogP contribution in [0.15, 0.2) is 4.99 Å². The molecule has 0 radical (unpaired) electrons. The fourth-order valence-corrected chi connectivity index (χ4v) is 0.676. The third-order valence-electron chi connectivity index (χ3n) is 0.810. The minimum atomic E-state index is 0.105. The molecule has 0 fully saturated rings. The van der Waals surface area contributed by atoms with E-state index in [2.05, 4.69) is 10.3 Å². The fraction of sp³-hybridized carbons (Fsp3) is 0.750. The van der Waals surface area contributed by atoms with Gasteiger partial charge in [0.05, 0.1) is 12.0 Å². The Morgan fingerprint density at radius 1 is 1.86 bits per heavy atom. The van der Waals surface area contributed by atoms with E-state index in [0.29, 0.717) is 0 Å². The first-order valence-electron chi connectivity index (χ1n) is 2.24. The summed E-state index contributed by atoms with van der Waals surface area (Å²) in [5, 5.41) is 3.11. The largest absolute Gasteiger partial charge is 0.296 e. The van der Waals surface area contributed by atoms with E-state index in [0.717, 1.165) is 13.2 Å². The molecule has 0 saturated carbocycles. The summed E-state index contributed by atoms with van der Waals surface area (Å²) in [5.74, 6) is 0. The Morgan fingerprint density at radius 3 is 3.00 bits per heavy atom. The summed E-state index contributed by atoms with van der Waals surface area (Å²) in [6.45, 7) is 1.58. The lowest BCUT2D eigenvalue weighted by Gasteiger charge is -2.08. The van der Waals surface area contributed by atoms with Crippen molar-refractivity contribution in [3.63, 3.8) is 0 Å². The van der Waals surface area contributed by atoms with Crippen molar-refractivity contribution in [2.24, 2.45) is 4.99 Å². The summed E-state index contributed by atoms with van der Waals surface area (Å²) in [5.41, 5.74) is 0. The number of hydrogen-bond acceptors (Lipinski definition) is 2. The van der Waals surface area contributed by atoms with Crippen LogP contribution in [0.25, 0.3) is 0 Å². The maximum atomic E-state index is 5.60. The molecule has 7 heavy (non-hydrogen) atoms. The predicted octanol–water partition coefficient (Wildman–Crippen LogP) is 0.225. The second-order valence-electron chi connectivity index (χ2n) is 1.46. The van der Waals surface area contributed by atoms with Gasteiger partial charge in [-0.25, -0.2) is 0 Å². The fourth-order valence-electron chi connectivity index (χ4n) is 0.487. The Labute approximate surface area is 47.6 Å². The number of rotatable bonds is 0. The highest BCUT2D eigenvalue weighted by atomic mass is 35.5. The van der Waals surface area contributed by atoms with Crippen LogP contribution < -0.4 is 5.32 Å². The molecule has 1 heterocycles. The first-order chi connectivity index (χ1) is 3.39. The minimum Gasteiger partial charge on any atom is -0.296 e. The Morgan fingerprint density at radius 2 is 2.71 bits per heavy atom. The topological polar surface area (TPSA) is 24.4 Å². The van der Waals surface area contributed by atoms with Crippen LogP contribution in [0.2, 0.25) is 0 Å². The normalized spacial score (nSPS) is 30.7. The molecule has 1 unspecified atom stereocenters. The first-order valence-corrected chi connectivity index (χ1v) is 2.68. The average molecular weight is 119 g/mol. The number of aliphatic imine (C=N–C) groups is 1. The monoisotopic (exact) mass is 118 g/mol. The Bertz CT molecular complexity index is 81.8. The van der Waals surface area contributed by atoms with E-state index in [1.807, 2.05) is 0 Å². The quantitative estimate of drug-likeness (QED) is 0.453. The van der Waals surface area contributed by atoms with Crippen molar-refractivity contribution in [2.75, 3.05) is 13.2 Å². The SMILES string of the molecule is ClC1C=NCNC1. The van der Waals surface area contributed by atoms with E-state index in [1.165, 1.54) is 0 Å². The maximum absolute atomic E-state index is 5.60. The van der Waals surface area contributed by atoms with Gasteiger partial charge in [0, 0.05) is 12.8 Å². The van der Waals surface area contributed by atoms with E-state index >= 15 is 0 Å². The number of nitrogens with zero attached hydrogens (tertiary/aromatic N) is 1. The van der Waals surface area contributed by atoms with Crippen LogP contribution in [-0.4, -0.2) is 24.8 Å². The molecule has 0 amide bonds. The molecule has 0 aromatic rings. The van der Waals surface area contributed by atoms with Crippen LogP contribution in [0.3, 0.4) is 0 Å². The lowest BCUT2D eigenvalue weighted by atomic mass is 10.4. The van der Waals surface area contributed by atoms with Crippen molar-refractivity contribution in [2.45, 2.75) is 5.38 Å². The van der Waals surface area contributed by atoms with Gasteiger partial charge in [0.15, 0.2) is 0 Å². The smallest absolute Gasteiger partial charge is 0.0881 e. The van der Waals surface area contributed by atoms with Crippen LogP contribution in [0.1, 0.15) is 0 Å². The Hall–Kier alpha value is -0.0800. The van der Waals surface area contributed by atoms with E-state index in [9.17, 15) is 0 Å². The highest BCUT2D eigenvalue weighted by molar-refractivity contribution is 6.28. The summed E-state index contributed by atoms with van der Waals surface area (Å²) < 4.78 is 0. The first kappa shape index (κ1) is 5.06. The molecule has 1 aliphatic heterocycles. The van der Waals surface area contributed by atoms with Gasteiger partial charge in [-0.1, -0.05) is 0 Å². The third kappa shape index (κ3) is 1.45. The van der Waals surface area contributed by atoms with Gasteiger partial charge < -0.3 is 0 Å². The van der Waals surface area contributed by atoms with Gasteiger partial charge in [-0.15, -0.1) is 11.6 Å². The van der Waals surface area contributed by atoms with Gasteiger partial charge in [0.25, 0.3) is 0 Å². The highest BCUT2D eigenvalue weighted by Crippen LogP contribution is 1.91. The predicted molar refractivity (Wildman–Crippen MR) is 31.0 cm³/mol. The van der Waals surface area contributed by atoms with Gasteiger partial charge in [0.2, 0.25) is 0 Å². The third-order valence-corrected chi connectivity index (χ3v) is 1.08. The molecule has 0 aromatic carbocycles. The zero-order valence-electron chi connectivity index (χ0n) is 3.89. The number of alkyl halides is 1. The van der Waals surface area contributed by atoms with Crippen LogP contribution in [0, 0.1) is 0 Å². The summed E-state index contributed by atoms with van der Waals surface area (Å²) in [7, 11) is 0. The van der Waals surface area contributed by atoms with Gasteiger partial charge in [0.1, 0.15) is 0 Å². The second-order valence-corrected chi connectivity index (χ2v) is 2.02. The van der Waals surface area contributed by atoms with Crippen molar-refractivity contribution in [1.82, 2.24) is 5.32 Å². The number of hydrogen-bond donors (Lipinski definition) is 1. The van der Waals surface area contributed by atoms with Crippen molar-refractivity contribution in [3.05, 3.63) is 0 Å². The molecular formula is C4H7ClN2. The van der Waals surface area contributed by atoms with Crippen LogP contribution in [0.5, 0.6) is 0 Å². The van der Waals surface area contributed by atoms with Crippen molar-refractivity contribution in [3.8, 4) is 0 Å². The van der Waals surface area contributed by atoms with Gasteiger partial charge in [-0.3, -0.25) is 10.3 Å². The van der Waals surface area contributed by atoms with Crippen molar-refractivity contribution < 1.29 is 0 Å². The number of halogens is 1. The average Bonchev–Trinajstić information content (AvgIpc) is 1.69. The molecule has 1 N–H and O–H groups in total. The molecule has 0 bridgehead atoms. The maximum Gasteiger partial charge on any atom is 0.0881 e.